The molecule has 22 heavy (non-hydrogen) atoms. The predicted octanol–water partition coefficient (Wildman–Crippen LogP) is 2.62. The minimum atomic E-state index is -3.50. The van der Waals surface area contributed by atoms with E-state index in [-0.39, 0.29) is 18.2 Å². The number of hydrogen-bond donors (Lipinski definition) is 2. The molecule has 0 spiro atoms. The monoisotopic (exact) mass is 382 g/mol. The molecule has 0 fully saturated rings. The summed E-state index contributed by atoms with van der Waals surface area (Å²) in [6.45, 7) is 0.0301. The van der Waals surface area contributed by atoms with E-state index in [4.69, 9.17) is 0 Å². The van der Waals surface area contributed by atoms with Crippen molar-refractivity contribution in [1.29, 1.82) is 0 Å². The maximum atomic E-state index is 12.0. The van der Waals surface area contributed by atoms with Gasteiger partial charge in [-0.25, -0.2) is 8.42 Å². The van der Waals surface area contributed by atoms with Crippen molar-refractivity contribution in [2.24, 2.45) is 0 Å². The van der Waals surface area contributed by atoms with Crippen molar-refractivity contribution >= 4 is 37.5 Å². The molecule has 0 saturated heterocycles. The van der Waals surface area contributed by atoms with Gasteiger partial charge in [0.05, 0.1) is 11.3 Å². The topological polar surface area (TPSA) is 75.3 Å². The Kier molecular flexibility index (Phi) is 5.57. The predicted molar refractivity (Wildman–Crippen MR) is 90.3 cm³/mol. The summed E-state index contributed by atoms with van der Waals surface area (Å²) in [6, 6.07) is 15.6. The molecule has 1 amide bonds. The first-order chi connectivity index (χ1) is 10.5. The quantitative estimate of drug-likeness (QED) is 0.805. The third-order valence-electron chi connectivity index (χ3n) is 2.82. The van der Waals surface area contributed by atoms with Crippen LogP contribution in [0.1, 0.15) is 10.4 Å². The second kappa shape index (κ2) is 7.42. The zero-order valence-corrected chi connectivity index (χ0v) is 14.0. The Morgan fingerprint density at radius 3 is 2.32 bits per heavy atom. The molecular weight excluding hydrogens is 368 g/mol. The smallest absolute Gasteiger partial charge is 0.252 e. The van der Waals surface area contributed by atoms with Crippen LogP contribution in [0.2, 0.25) is 0 Å². The van der Waals surface area contributed by atoms with Gasteiger partial charge in [0, 0.05) is 16.7 Å². The van der Waals surface area contributed by atoms with Crippen molar-refractivity contribution in [3.8, 4) is 0 Å². The minimum Gasteiger partial charge on any atom is -0.351 e. The Bertz CT molecular complexity index is 748. The second-order valence-electron chi connectivity index (χ2n) is 4.52. The van der Waals surface area contributed by atoms with Crippen molar-refractivity contribution in [3.05, 3.63) is 64.6 Å². The number of amides is 1. The van der Waals surface area contributed by atoms with Gasteiger partial charge in [0.15, 0.2) is 0 Å². The number of rotatable bonds is 6. The van der Waals surface area contributed by atoms with Crippen LogP contribution in [0.25, 0.3) is 0 Å². The highest BCUT2D eigenvalue weighted by Gasteiger charge is 2.13. The van der Waals surface area contributed by atoms with Crippen molar-refractivity contribution in [2.75, 3.05) is 17.0 Å². The molecule has 0 aliphatic carbocycles. The Hall–Kier alpha value is -1.86. The van der Waals surface area contributed by atoms with Crippen LogP contribution < -0.4 is 10.0 Å². The molecule has 2 aromatic carbocycles. The van der Waals surface area contributed by atoms with Gasteiger partial charge in [0.2, 0.25) is 10.0 Å². The highest BCUT2D eigenvalue weighted by atomic mass is 79.9. The van der Waals surface area contributed by atoms with E-state index in [1.54, 1.807) is 54.6 Å². The van der Waals surface area contributed by atoms with Crippen LogP contribution in [0.15, 0.2) is 59.1 Å². The van der Waals surface area contributed by atoms with Crippen LogP contribution in [0.4, 0.5) is 5.69 Å². The van der Waals surface area contributed by atoms with Crippen LogP contribution in [0, 0.1) is 0 Å². The van der Waals surface area contributed by atoms with Gasteiger partial charge in [0.25, 0.3) is 5.91 Å². The van der Waals surface area contributed by atoms with E-state index in [9.17, 15) is 13.2 Å². The molecule has 0 aliphatic rings. The van der Waals surface area contributed by atoms with E-state index in [1.807, 2.05) is 0 Å². The summed E-state index contributed by atoms with van der Waals surface area (Å²) in [4.78, 5) is 12.0. The van der Waals surface area contributed by atoms with Crippen molar-refractivity contribution in [2.45, 2.75) is 0 Å². The molecule has 2 rings (SSSR count). The number of hydrogen-bond acceptors (Lipinski definition) is 3. The zero-order valence-electron chi connectivity index (χ0n) is 11.6. The van der Waals surface area contributed by atoms with Gasteiger partial charge in [-0.15, -0.1) is 0 Å². The molecule has 0 saturated carbocycles. The first-order valence-electron chi connectivity index (χ1n) is 6.56. The lowest BCUT2D eigenvalue weighted by atomic mass is 10.2. The van der Waals surface area contributed by atoms with Crippen LogP contribution in [0.5, 0.6) is 0 Å². The molecule has 5 nitrogen and oxygen atoms in total. The second-order valence-corrected chi connectivity index (χ2v) is 7.22. The van der Waals surface area contributed by atoms with Gasteiger partial charge in [-0.1, -0.05) is 30.3 Å². The number of benzene rings is 2. The summed E-state index contributed by atoms with van der Waals surface area (Å²) in [5, 5.41) is 2.59. The summed E-state index contributed by atoms with van der Waals surface area (Å²) in [6.07, 6.45) is 0. The lowest BCUT2D eigenvalue weighted by Gasteiger charge is -2.09. The fourth-order valence-corrected chi connectivity index (χ4v) is 3.21. The largest absolute Gasteiger partial charge is 0.351 e. The van der Waals surface area contributed by atoms with Crippen LogP contribution in [-0.4, -0.2) is 26.6 Å². The molecule has 2 aromatic rings. The van der Waals surface area contributed by atoms with Crippen LogP contribution >= 0.6 is 15.9 Å². The Morgan fingerprint density at radius 2 is 1.64 bits per heavy atom. The summed E-state index contributed by atoms with van der Waals surface area (Å²) in [7, 11) is -3.50. The van der Waals surface area contributed by atoms with Gasteiger partial charge in [-0.05, 0) is 40.2 Å². The van der Waals surface area contributed by atoms with E-state index < -0.39 is 10.0 Å². The van der Waals surface area contributed by atoms with E-state index in [1.165, 1.54) is 0 Å². The molecule has 0 aliphatic heterocycles. The summed E-state index contributed by atoms with van der Waals surface area (Å²) >= 11 is 3.28. The highest BCUT2D eigenvalue weighted by Crippen LogP contribution is 2.15. The zero-order chi connectivity index (χ0) is 16.0. The number of para-hydroxylation sites is 1. The first-order valence-corrected chi connectivity index (χ1v) is 9.01. The molecule has 0 atom stereocenters. The molecule has 116 valence electrons. The maximum Gasteiger partial charge on any atom is 0.252 e. The first kappa shape index (κ1) is 16.5. The number of halogens is 1. The average Bonchev–Trinajstić information content (AvgIpc) is 2.48. The number of sulfonamides is 1. The van der Waals surface area contributed by atoms with Gasteiger partial charge in [-0.3, -0.25) is 9.52 Å². The highest BCUT2D eigenvalue weighted by molar-refractivity contribution is 9.10. The Morgan fingerprint density at radius 1 is 1.00 bits per heavy atom. The molecule has 0 bridgehead atoms. The molecular formula is C15H15BrN2O3S. The molecule has 0 radical (unpaired) electrons. The van der Waals surface area contributed by atoms with Gasteiger partial charge in [-0.2, -0.15) is 0 Å². The number of carbonyl (C=O) groups is 1. The van der Waals surface area contributed by atoms with Crippen molar-refractivity contribution in [1.82, 2.24) is 5.32 Å². The molecule has 0 heterocycles. The van der Waals surface area contributed by atoms with Crippen LogP contribution in [0.3, 0.4) is 0 Å². The third-order valence-corrected chi connectivity index (χ3v) is 4.80. The number of anilines is 1. The fourth-order valence-electron chi connectivity index (χ4n) is 1.78. The molecule has 2 N–H and O–H groups in total. The summed E-state index contributed by atoms with van der Waals surface area (Å²) in [5.74, 6) is -0.514. The Balaban J connectivity index is 1.88. The van der Waals surface area contributed by atoms with Crippen LogP contribution in [-0.2, 0) is 10.0 Å². The lowest BCUT2D eigenvalue weighted by molar-refractivity contribution is 0.0955. The Labute approximate surface area is 137 Å². The average molecular weight is 383 g/mol. The van der Waals surface area contributed by atoms with E-state index in [0.29, 0.717) is 15.7 Å². The fraction of sp³-hybridized carbons (Fsp3) is 0.133. The van der Waals surface area contributed by atoms with Gasteiger partial charge in [0.1, 0.15) is 0 Å². The molecule has 0 aromatic heterocycles. The number of carbonyl (C=O) groups excluding carboxylic acids is 1. The number of nitrogens with one attached hydrogen (secondary N) is 2. The standard InChI is InChI=1S/C15H15BrN2O3S/c16-14-9-5-4-8-13(14)15(19)17-10-11-22(20,21)18-12-6-2-1-3-7-12/h1-9,18H,10-11H2,(H,17,19). The summed E-state index contributed by atoms with van der Waals surface area (Å²) < 4.78 is 26.9. The van der Waals surface area contributed by atoms with E-state index in [2.05, 4.69) is 26.0 Å². The third kappa shape index (κ3) is 4.85. The van der Waals surface area contributed by atoms with Crippen molar-refractivity contribution in [3.63, 3.8) is 0 Å². The van der Waals surface area contributed by atoms with Gasteiger partial charge < -0.3 is 5.32 Å². The van der Waals surface area contributed by atoms with E-state index in [0.717, 1.165) is 0 Å². The van der Waals surface area contributed by atoms with Gasteiger partial charge >= 0.3 is 0 Å². The summed E-state index contributed by atoms with van der Waals surface area (Å²) in [5.41, 5.74) is 0.968. The maximum absolute atomic E-state index is 12.0. The van der Waals surface area contributed by atoms with Crippen molar-refractivity contribution < 1.29 is 13.2 Å². The normalized spacial score (nSPS) is 11.0. The minimum absolute atomic E-state index is 0.0301. The molecule has 0 unspecified atom stereocenters. The molecule has 7 heteroatoms. The SMILES string of the molecule is O=C(NCCS(=O)(=O)Nc1ccccc1)c1ccccc1Br. The lowest BCUT2D eigenvalue weighted by Crippen LogP contribution is -2.31. The van der Waals surface area contributed by atoms with E-state index >= 15 is 0 Å².